The highest BCUT2D eigenvalue weighted by atomic mass is 32.2. The number of carbonyl (C=O) groups excluding carboxylic acids is 1. The molecule has 1 aliphatic rings. The molecule has 0 unspecified atom stereocenters. The van der Waals surface area contributed by atoms with Crippen LogP contribution >= 0.6 is 23.1 Å². The third-order valence-electron chi connectivity index (χ3n) is 3.87. The zero-order valence-electron chi connectivity index (χ0n) is 14.0. The molecule has 3 heterocycles. The molecule has 5 nitrogen and oxygen atoms in total. The van der Waals surface area contributed by atoms with Crippen molar-refractivity contribution < 1.29 is 22.7 Å². The molecule has 1 fully saturated rings. The molecule has 27 heavy (non-hydrogen) atoms. The van der Waals surface area contributed by atoms with Gasteiger partial charge in [0.1, 0.15) is 11.1 Å². The fourth-order valence-corrected chi connectivity index (χ4v) is 4.13. The molecule has 0 radical (unpaired) electrons. The maximum atomic E-state index is 13.5. The van der Waals surface area contributed by atoms with Crippen molar-refractivity contribution in [2.45, 2.75) is 11.2 Å². The van der Waals surface area contributed by atoms with Crippen molar-refractivity contribution in [1.29, 1.82) is 5.26 Å². The molecule has 0 bridgehead atoms. The molecule has 3 rings (SSSR count). The maximum absolute atomic E-state index is 13.5. The van der Waals surface area contributed by atoms with Crippen LogP contribution in [0, 0.1) is 11.3 Å². The summed E-state index contributed by atoms with van der Waals surface area (Å²) < 4.78 is 45.5. The van der Waals surface area contributed by atoms with Gasteiger partial charge in [-0.15, -0.1) is 11.3 Å². The Hall–Kier alpha value is -2.09. The quantitative estimate of drug-likeness (QED) is 0.716. The smallest absolute Gasteiger partial charge is 0.378 e. The number of nitrogens with zero attached hydrogens (tertiary/aromatic N) is 3. The maximum Gasteiger partial charge on any atom is 0.417 e. The summed E-state index contributed by atoms with van der Waals surface area (Å²) in [6, 6.07) is 5.86. The summed E-state index contributed by atoms with van der Waals surface area (Å²) in [5.74, 6) is -0.309. The summed E-state index contributed by atoms with van der Waals surface area (Å²) in [6.45, 7) is 1.76. The number of carbonyl (C=O) groups is 1. The zero-order valence-corrected chi connectivity index (χ0v) is 15.6. The van der Waals surface area contributed by atoms with Gasteiger partial charge in [0.25, 0.3) is 0 Å². The van der Waals surface area contributed by atoms with E-state index in [9.17, 15) is 23.2 Å². The van der Waals surface area contributed by atoms with Crippen LogP contribution in [0.3, 0.4) is 0 Å². The van der Waals surface area contributed by atoms with Crippen molar-refractivity contribution in [2.75, 3.05) is 32.1 Å². The Morgan fingerprint density at radius 2 is 2.15 bits per heavy atom. The predicted octanol–water partition coefficient (Wildman–Crippen LogP) is 3.65. The van der Waals surface area contributed by atoms with Crippen molar-refractivity contribution in [3.05, 3.63) is 34.7 Å². The first kappa shape index (κ1) is 19.7. The van der Waals surface area contributed by atoms with E-state index in [-0.39, 0.29) is 22.4 Å². The molecule has 0 spiro atoms. The second-order valence-corrected chi connectivity index (χ2v) is 7.52. The first-order chi connectivity index (χ1) is 12.9. The van der Waals surface area contributed by atoms with Gasteiger partial charge in [-0.2, -0.15) is 18.4 Å². The average Bonchev–Trinajstić information content (AvgIpc) is 3.20. The SMILES string of the molecule is N#Cc1c(C(F)(F)F)cc(-c2cccs2)nc1SCC(=O)N1CCOCC1. The number of thiophene rings is 1. The average molecular weight is 413 g/mol. The number of amides is 1. The van der Waals surface area contributed by atoms with E-state index in [4.69, 9.17) is 4.74 Å². The van der Waals surface area contributed by atoms with Crippen LogP contribution in [-0.4, -0.2) is 47.8 Å². The van der Waals surface area contributed by atoms with Gasteiger partial charge in [-0.25, -0.2) is 4.98 Å². The highest BCUT2D eigenvalue weighted by molar-refractivity contribution is 8.00. The van der Waals surface area contributed by atoms with Gasteiger partial charge in [-0.1, -0.05) is 17.8 Å². The number of ether oxygens (including phenoxy) is 1. The minimum Gasteiger partial charge on any atom is -0.378 e. The Bertz CT molecular complexity index is 858. The lowest BCUT2D eigenvalue weighted by atomic mass is 10.1. The van der Waals surface area contributed by atoms with Crippen molar-refractivity contribution >= 4 is 29.0 Å². The monoisotopic (exact) mass is 413 g/mol. The van der Waals surface area contributed by atoms with Gasteiger partial charge in [-0.3, -0.25) is 4.79 Å². The number of nitriles is 1. The highest BCUT2D eigenvalue weighted by Gasteiger charge is 2.36. The third kappa shape index (κ3) is 4.61. The first-order valence-corrected chi connectivity index (χ1v) is 9.81. The second kappa shape index (κ2) is 8.29. The van der Waals surface area contributed by atoms with E-state index >= 15 is 0 Å². The van der Waals surface area contributed by atoms with Crippen LogP contribution in [0.1, 0.15) is 11.1 Å². The van der Waals surface area contributed by atoms with E-state index in [0.717, 1.165) is 17.8 Å². The second-order valence-electron chi connectivity index (χ2n) is 5.60. The van der Waals surface area contributed by atoms with E-state index in [1.54, 1.807) is 28.5 Å². The lowest BCUT2D eigenvalue weighted by Gasteiger charge is -2.26. The van der Waals surface area contributed by atoms with Crippen LogP contribution in [0.15, 0.2) is 28.6 Å². The number of hydrogen-bond acceptors (Lipinski definition) is 6. The van der Waals surface area contributed by atoms with E-state index in [1.807, 2.05) is 0 Å². The molecule has 2 aromatic rings. The van der Waals surface area contributed by atoms with Gasteiger partial charge in [0.05, 0.1) is 40.7 Å². The van der Waals surface area contributed by atoms with Crippen LogP contribution in [-0.2, 0) is 15.7 Å². The number of alkyl halides is 3. The highest BCUT2D eigenvalue weighted by Crippen LogP contribution is 2.38. The molecule has 1 saturated heterocycles. The molecule has 0 saturated carbocycles. The van der Waals surface area contributed by atoms with E-state index < -0.39 is 17.3 Å². The zero-order chi connectivity index (χ0) is 19.4. The number of morpholine rings is 1. The predicted molar refractivity (Wildman–Crippen MR) is 95.4 cm³/mol. The van der Waals surface area contributed by atoms with Gasteiger partial charge in [0.2, 0.25) is 5.91 Å². The third-order valence-corrected chi connectivity index (χ3v) is 5.73. The van der Waals surface area contributed by atoms with Crippen molar-refractivity contribution in [1.82, 2.24) is 9.88 Å². The summed E-state index contributed by atoms with van der Waals surface area (Å²) in [6.07, 6.45) is -4.69. The number of rotatable bonds is 4. The molecule has 2 aromatic heterocycles. The van der Waals surface area contributed by atoms with E-state index in [1.165, 1.54) is 11.3 Å². The number of hydrogen-bond donors (Lipinski definition) is 0. The Balaban J connectivity index is 1.91. The van der Waals surface area contributed by atoms with Crippen LogP contribution in [0.5, 0.6) is 0 Å². The standard InChI is InChI=1S/C17H14F3N3O2S2/c18-17(19,20)12-8-13(14-2-1-7-26-14)22-16(11(12)9-21)27-10-15(24)23-3-5-25-6-4-23/h1-2,7-8H,3-6,10H2. The Morgan fingerprint density at radius 1 is 1.41 bits per heavy atom. The number of thioether (sulfide) groups is 1. The van der Waals surface area contributed by atoms with E-state index in [2.05, 4.69) is 4.98 Å². The van der Waals surface area contributed by atoms with Crippen molar-refractivity contribution in [2.24, 2.45) is 0 Å². The largest absolute Gasteiger partial charge is 0.417 e. The van der Waals surface area contributed by atoms with Crippen molar-refractivity contribution in [3.63, 3.8) is 0 Å². The fraction of sp³-hybridized carbons (Fsp3) is 0.353. The van der Waals surface area contributed by atoms with Gasteiger partial charge in [-0.05, 0) is 17.5 Å². The summed E-state index contributed by atoms with van der Waals surface area (Å²) in [5.41, 5.74) is -1.45. The molecule has 1 aliphatic heterocycles. The van der Waals surface area contributed by atoms with Crippen LogP contribution in [0.2, 0.25) is 0 Å². The number of pyridine rings is 1. The van der Waals surface area contributed by atoms with Gasteiger partial charge >= 0.3 is 6.18 Å². The van der Waals surface area contributed by atoms with Crippen molar-refractivity contribution in [3.8, 4) is 16.6 Å². The first-order valence-electron chi connectivity index (χ1n) is 7.94. The Kier molecular flexibility index (Phi) is 6.04. The molecular formula is C17H14F3N3O2S2. The summed E-state index contributed by atoms with van der Waals surface area (Å²) in [4.78, 5) is 18.7. The number of halogens is 3. The summed E-state index contributed by atoms with van der Waals surface area (Å²) in [5, 5.41) is 10.9. The lowest BCUT2D eigenvalue weighted by molar-refractivity contribution is -0.138. The molecule has 142 valence electrons. The normalized spacial score (nSPS) is 14.8. The molecule has 0 aromatic carbocycles. The Morgan fingerprint density at radius 3 is 2.74 bits per heavy atom. The molecule has 0 N–H and O–H groups in total. The Labute approximate surface area is 161 Å². The van der Waals surface area contributed by atoms with Crippen LogP contribution < -0.4 is 0 Å². The van der Waals surface area contributed by atoms with Gasteiger partial charge < -0.3 is 9.64 Å². The van der Waals surface area contributed by atoms with Crippen LogP contribution in [0.25, 0.3) is 10.6 Å². The van der Waals surface area contributed by atoms with Gasteiger partial charge in [0, 0.05) is 13.1 Å². The van der Waals surface area contributed by atoms with Crippen LogP contribution in [0.4, 0.5) is 13.2 Å². The minimum atomic E-state index is -4.69. The molecule has 0 aliphatic carbocycles. The topological polar surface area (TPSA) is 66.2 Å². The summed E-state index contributed by atoms with van der Waals surface area (Å²) >= 11 is 2.11. The molecule has 10 heteroatoms. The fourth-order valence-electron chi connectivity index (χ4n) is 2.54. The molecular weight excluding hydrogens is 399 g/mol. The minimum absolute atomic E-state index is 0.0858. The summed E-state index contributed by atoms with van der Waals surface area (Å²) in [7, 11) is 0. The number of aromatic nitrogens is 1. The van der Waals surface area contributed by atoms with E-state index in [0.29, 0.717) is 31.2 Å². The van der Waals surface area contributed by atoms with Gasteiger partial charge in [0.15, 0.2) is 0 Å². The molecule has 1 amide bonds. The lowest BCUT2D eigenvalue weighted by Crippen LogP contribution is -2.41. The molecule has 0 atom stereocenters.